The van der Waals surface area contributed by atoms with Gasteiger partial charge in [-0.15, -0.1) is 0 Å². The van der Waals surface area contributed by atoms with E-state index in [2.05, 4.69) is 44.8 Å². The van der Waals surface area contributed by atoms with E-state index in [1.165, 1.54) is 11.2 Å². The van der Waals surface area contributed by atoms with Crippen molar-refractivity contribution in [2.45, 2.75) is 26.2 Å². The fraction of sp³-hybridized carbons (Fsp3) is 0.500. The number of rotatable bonds is 0. The van der Waals surface area contributed by atoms with Gasteiger partial charge < -0.3 is 4.74 Å². The van der Waals surface area contributed by atoms with Crippen LogP contribution in [-0.4, -0.2) is 43.1 Å². The molecule has 0 unspecified atom stereocenters. The van der Waals surface area contributed by atoms with E-state index in [1.807, 2.05) is 9.58 Å². The molecule has 3 heterocycles. The molecule has 0 radical (unpaired) electrons. The first-order valence-electron chi connectivity index (χ1n) is 6.15. The minimum absolute atomic E-state index is 0.0637. The molecule has 1 aromatic heterocycles. The fourth-order valence-electron chi connectivity index (χ4n) is 2.36. The zero-order valence-electron chi connectivity index (χ0n) is 11.3. The van der Waals surface area contributed by atoms with E-state index in [4.69, 9.17) is 4.74 Å². The van der Waals surface area contributed by atoms with E-state index < -0.39 is 0 Å². The molecule has 0 bridgehead atoms. The van der Waals surface area contributed by atoms with Crippen molar-refractivity contribution in [2.75, 3.05) is 13.5 Å². The Bertz CT molecular complexity index is 553. The summed E-state index contributed by atoms with van der Waals surface area (Å²) in [6.45, 7) is 7.54. The number of hydrogen-bond donors (Lipinski definition) is 0. The molecule has 0 saturated heterocycles. The van der Waals surface area contributed by atoms with Gasteiger partial charge in [0.15, 0.2) is 5.84 Å². The van der Waals surface area contributed by atoms with Gasteiger partial charge in [0.1, 0.15) is 33.3 Å². The summed E-state index contributed by atoms with van der Waals surface area (Å²) < 4.78 is 7.32. The van der Waals surface area contributed by atoms with Crippen LogP contribution in [0.1, 0.15) is 32.2 Å². The van der Waals surface area contributed by atoms with E-state index in [1.54, 1.807) is 6.34 Å². The Hall–Kier alpha value is -1.56. The average molecular weight is 244 g/mol. The van der Waals surface area contributed by atoms with Gasteiger partial charge in [0.2, 0.25) is 0 Å². The minimum atomic E-state index is 0.0637. The summed E-state index contributed by atoms with van der Waals surface area (Å²) >= 11 is 0. The summed E-state index contributed by atoms with van der Waals surface area (Å²) in [6, 6.07) is 2.20. The molecule has 0 saturated carbocycles. The molecule has 0 spiro atoms. The van der Waals surface area contributed by atoms with Crippen molar-refractivity contribution in [2.24, 2.45) is 10.1 Å². The maximum Gasteiger partial charge on any atom is 0.158 e. The minimum Gasteiger partial charge on any atom is -0.338 e. The summed E-state index contributed by atoms with van der Waals surface area (Å²) in [6.07, 6.45) is 1.79. The van der Waals surface area contributed by atoms with Crippen LogP contribution in [-0.2, 0) is 10.2 Å². The second-order valence-corrected chi connectivity index (χ2v) is 5.77. The predicted molar refractivity (Wildman–Crippen MR) is 74.4 cm³/mol. The van der Waals surface area contributed by atoms with Crippen LogP contribution in [0.25, 0.3) is 0 Å². The highest BCUT2D eigenvalue weighted by Crippen LogP contribution is 2.26. The molecule has 0 aliphatic carbocycles. The summed E-state index contributed by atoms with van der Waals surface area (Å²) in [5, 5.41) is 4.52. The predicted octanol–water partition coefficient (Wildman–Crippen LogP) is -0.157. The standard InChI is InChI=1S/C12H17BN4O/c1-12(2,3)9-4-8(13)10-11-14-6-18-7-16(11)5-15-17(9)10/h4-5H,6-7,13H2,1-3H3. The van der Waals surface area contributed by atoms with Gasteiger partial charge in [0.05, 0.1) is 0 Å². The molecule has 94 valence electrons. The molecule has 0 atom stereocenters. The van der Waals surface area contributed by atoms with Crippen LogP contribution in [0.2, 0.25) is 0 Å². The molecular formula is C12H17BN4O. The molecule has 6 heteroatoms. The largest absolute Gasteiger partial charge is 0.338 e. The average Bonchev–Trinajstić information content (AvgIpc) is 2.67. The molecule has 2 aliphatic rings. The first-order chi connectivity index (χ1) is 8.48. The summed E-state index contributed by atoms with van der Waals surface area (Å²) in [5.74, 6) is 0.962. The van der Waals surface area contributed by atoms with Crippen LogP contribution in [0, 0.1) is 0 Å². The molecule has 0 amide bonds. The Morgan fingerprint density at radius 2 is 2.17 bits per heavy atom. The van der Waals surface area contributed by atoms with Crippen molar-refractivity contribution < 1.29 is 4.74 Å². The molecule has 3 rings (SSSR count). The number of aromatic nitrogens is 1. The third kappa shape index (κ3) is 1.60. The lowest BCUT2D eigenvalue weighted by molar-refractivity contribution is 0.0837. The number of ether oxygens (including phenoxy) is 1. The second kappa shape index (κ2) is 3.72. The van der Waals surface area contributed by atoms with E-state index in [0.717, 1.165) is 11.5 Å². The molecule has 18 heavy (non-hydrogen) atoms. The fourth-order valence-corrected chi connectivity index (χ4v) is 2.36. The van der Waals surface area contributed by atoms with Crippen LogP contribution in [0.15, 0.2) is 16.2 Å². The SMILES string of the molecule is Bc1cc(C(C)(C)C)n2c1C1=NCOCN1C=N2. The monoisotopic (exact) mass is 244 g/mol. The quantitative estimate of drug-likeness (QED) is 0.595. The Labute approximate surface area is 108 Å². The van der Waals surface area contributed by atoms with E-state index in [9.17, 15) is 0 Å². The highest BCUT2D eigenvalue weighted by atomic mass is 16.5. The van der Waals surface area contributed by atoms with Gasteiger partial charge in [-0.2, -0.15) is 5.10 Å². The molecule has 0 N–H and O–H groups in total. The van der Waals surface area contributed by atoms with Crippen LogP contribution in [0.5, 0.6) is 0 Å². The van der Waals surface area contributed by atoms with Crippen LogP contribution in [0.3, 0.4) is 0 Å². The molecular weight excluding hydrogens is 227 g/mol. The summed E-state index contributed by atoms with van der Waals surface area (Å²) in [5.41, 5.74) is 3.57. The van der Waals surface area contributed by atoms with Crippen molar-refractivity contribution in [1.82, 2.24) is 9.58 Å². The summed E-state index contributed by atoms with van der Waals surface area (Å²) in [4.78, 5) is 6.40. The third-order valence-corrected chi connectivity index (χ3v) is 3.26. The van der Waals surface area contributed by atoms with E-state index >= 15 is 0 Å². The maximum absolute atomic E-state index is 5.31. The van der Waals surface area contributed by atoms with Gasteiger partial charge in [-0.25, -0.2) is 9.67 Å². The van der Waals surface area contributed by atoms with Crippen molar-refractivity contribution in [3.63, 3.8) is 0 Å². The molecule has 1 aromatic rings. The van der Waals surface area contributed by atoms with Gasteiger partial charge in [-0.3, -0.25) is 4.90 Å². The smallest absolute Gasteiger partial charge is 0.158 e. The second-order valence-electron chi connectivity index (χ2n) is 5.77. The number of aliphatic imine (C=N–C) groups is 1. The van der Waals surface area contributed by atoms with Crippen molar-refractivity contribution >= 4 is 25.5 Å². The number of fused-ring (bicyclic) bond motifs is 3. The molecule has 0 aromatic carbocycles. The lowest BCUT2D eigenvalue weighted by Crippen LogP contribution is -2.42. The number of hydrogen-bond acceptors (Lipinski definition) is 4. The Kier molecular flexibility index (Phi) is 2.38. The van der Waals surface area contributed by atoms with Gasteiger partial charge >= 0.3 is 0 Å². The molecule has 0 fully saturated rings. The van der Waals surface area contributed by atoms with Crippen molar-refractivity contribution in [3.8, 4) is 0 Å². The van der Waals surface area contributed by atoms with Gasteiger partial charge in [0, 0.05) is 11.1 Å². The first kappa shape index (κ1) is 11.5. The Morgan fingerprint density at radius 1 is 1.39 bits per heavy atom. The van der Waals surface area contributed by atoms with Gasteiger partial charge in [0.25, 0.3) is 0 Å². The number of amidine groups is 1. The zero-order valence-corrected chi connectivity index (χ0v) is 11.3. The van der Waals surface area contributed by atoms with Gasteiger partial charge in [-0.1, -0.05) is 26.2 Å². The number of nitrogens with zero attached hydrogens (tertiary/aromatic N) is 4. The summed E-state index contributed by atoms with van der Waals surface area (Å²) in [7, 11) is 2.11. The van der Waals surface area contributed by atoms with Crippen molar-refractivity contribution in [1.29, 1.82) is 0 Å². The van der Waals surface area contributed by atoms with E-state index in [0.29, 0.717) is 13.5 Å². The van der Waals surface area contributed by atoms with Crippen LogP contribution in [0.4, 0.5) is 0 Å². The molecule has 5 nitrogen and oxygen atoms in total. The highest BCUT2D eigenvalue weighted by Gasteiger charge is 2.30. The third-order valence-electron chi connectivity index (χ3n) is 3.26. The Balaban J connectivity index is 2.21. The lowest BCUT2D eigenvalue weighted by atomic mass is 9.89. The van der Waals surface area contributed by atoms with Crippen LogP contribution >= 0.6 is 0 Å². The maximum atomic E-state index is 5.31. The zero-order chi connectivity index (χ0) is 12.9. The lowest BCUT2D eigenvalue weighted by Gasteiger charge is -2.30. The van der Waals surface area contributed by atoms with Crippen molar-refractivity contribution in [3.05, 3.63) is 17.5 Å². The highest BCUT2D eigenvalue weighted by molar-refractivity contribution is 6.37. The Morgan fingerprint density at radius 3 is 2.89 bits per heavy atom. The van der Waals surface area contributed by atoms with Gasteiger partial charge in [-0.05, 0) is 6.07 Å². The first-order valence-corrected chi connectivity index (χ1v) is 6.15. The normalized spacial score (nSPS) is 18.4. The van der Waals surface area contributed by atoms with E-state index in [-0.39, 0.29) is 5.41 Å². The topological polar surface area (TPSA) is 42.1 Å². The van der Waals surface area contributed by atoms with Crippen LogP contribution < -0.4 is 5.46 Å². The molecule has 2 aliphatic heterocycles.